The molecule has 1 saturated heterocycles. The summed E-state index contributed by atoms with van der Waals surface area (Å²) in [6.07, 6.45) is 1.39. The summed E-state index contributed by atoms with van der Waals surface area (Å²) in [7, 11) is 0. The fraction of sp³-hybridized carbons (Fsp3) is 0.316. The minimum Gasteiger partial charge on any atom is -0.477 e. The summed E-state index contributed by atoms with van der Waals surface area (Å²) in [6.45, 7) is 5.83. The average Bonchev–Trinajstić information content (AvgIpc) is 3.15. The molecule has 140 valence electrons. The number of thiazole rings is 1. The van der Waals surface area contributed by atoms with Gasteiger partial charge in [-0.25, -0.2) is 9.78 Å². The van der Waals surface area contributed by atoms with Crippen molar-refractivity contribution in [3.8, 4) is 0 Å². The van der Waals surface area contributed by atoms with E-state index in [1.54, 1.807) is 4.57 Å². The predicted octanol–water partition coefficient (Wildman–Crippen LogP) is 2.50. The van der Waals surface area contributed by atoms with E-state index in [0.717, 1.165) is 31.3 Å². The molecular weight excluding hydrogens is 364 g/mol. The van der Waals surface area contributed by atoms with Crippen LogP contribution in [0, 0.1) is 0 Å². The van der Waals surface area contributed by atoms with Gasteiger partial charge in [-0.05, 0) is 19.1 Å². The maximum absolute atomic E-state index is 12.5. The number of aromatic nitrogens is 2. The largest absolute Gasteiger partial charge is 0.477 e. The summed E-state index contributed by atoms with van der Waals surface area (Å²) >= 11 is 1.29. The van der Waals surface area contributed by atoms with Gasteiger partial charge in [-0.15, -0.1) is 0 Å². The second-order valence-corrected chi connectivity index (χ2v) is 7.40. The van der Waals surface area contributed by atoms with Gasteiger partial charge in [0.05, 0.1) is 0 Å². The molecule has 3 aromatic rings. The molecule has 0 spiro atoms. The number of aromatic carboxylic acids is 1. The van der Waals surface area contributed by atoms with Crippen molar-refractivity contribution in [2.75, 3.05) is 36.0 Å². The normalized spacial score (nSPS) is 14.7. The molecule has 0 radical (unpaired) electrons. The van der Waals surface area contributed by atoms with Crippen LogP contribution in [0.3, 0.4) is 0 Å². The number of carbonyl (C=O) groups is 1. The van der Waals surface area contributed by atoms with E-state index >= 15 is 0 Å². The quantitative estimate of drug-likeness (QED) is 0.745. The van der Waals surface area contributed by atoms with Gasteiger partial charge in [0, 0.05) is 44.6 Å². The molecule has 0 bridgehead atoms. The van der Waals surface area contributed by atoms with Crippen molar-refractivity contribution in [3.63, 3.8) is 0 Å². The van der Waals surface area contributed by atoms with Crippen molar-refractivity contribution in [3.05, 3.63) is 52.3 Å². The van der Waals surface area contributed by atoms with Gasteiger partial charge in [-0.2, -0.15) is 0 Å². The highest BCUT2D eigenvalue weighted by molar-refractivity contribution is 7.22. The van der Waals surface area contributed by atoms with Crippen molar-refractivity contribution in [2.45, 2.75) is 13.5 Å². The van der Waals surface area contributed by atoms with E-state index in [4.69, 9.17) is 0 Å². The van der Waals surface area contributed by atoms with Crippen molar-refractivity contribution >= 4 is 38.5 Å². The maximum Gasteiger partial charge on any atom is 0.341 e. The summed E-state index contributed by atoms with van der Waals surface area (Å²) < 4.78 is 2.15. The third kappa shape index (κ3) is 3.16. The number of anilines is 2. The van der Waals surface area contributed by atoms with E-state index in [-0.39, 0.29) is 5.56 Å². The third-order valence-corrected chi connectivity index (χ3v) is 5.95. The standard InChI is InChI=1S/C19H20N4O3S/c1-2-21-12-14(18(25)26)15(24)16-17(21)20-19(27-16)23-10-8-22(9-11-23)13-6-4-3-5-7-13/h3-7,12H,2,8-11H2,1H3,(H,25,26). The van der Waals surface area contributed by atoms with Gasteiger partial charge in [0.25, 0.3) is 0 Å². The first-order valence-corrected chi connectivity index (χ1v) is 9.72. The molecule has 4 rings (SSSR count). The second-order valence-electron chi connectivity index (χ2n) is 6.42. The van der Waals surface area contributed by atoms with Crippen LogP contribution >= 0.6 is 11.3 Å². The van der Waals surface area contributed by atoms with E-state index in [1.165, 1.54) is 23.2 Å². The SMILES string of the molecule is CCn1cc(C(=O)O)c(=O)c2sc(N3CCN(c4ccccc4)CC3)nc21. The van der Waals surface area contributed by atoms with Crippen LogP contribution in [0.1, 0.15) is 17.3 Å². The lowest BCUT2D eigenvalue weighted by molar-refractivity contribution is 0.0695. The number of piperazine rings is 1. The van der Waals surface area contributed by atoms with Crippen LogP contribution in [0.2, 0.25) is 0 Å². The van der Waals surface area contributed by atoms with Crippen molar-refractivity contribution < 1.29 is 9.90 Å². The average molecular weight is 384 g/mol. The minimum absolute atomic E-state index is 0.201. The monoisotopic (exact) mass is 384 g/mol. The Morgan fingerprint density at radius 3 is 2.44 bits per heavy atom. The molecule has 0 saturated carbocycles. The van der Waals surface area contributed by atoms with Crippen LogP contribution in [0.4, 0.5) is 10.8 Å². The molecular formula is C19H20N4O3S. The molecule has 3 heterocycles. The van der Waals surface area contributed by atoms with Crippen LogP contribution in [-0.4, -0.2) is 46.8 Å². The minimum atomic E-state index is -1.20. The Morgan fingerprint density at radius 1 is 1.15 bits per heavy atom. The number of nitrogens with zero attached hydrogens (tertiary/aromatic N) is 4. The van der Waals surface area contributed by atoms with Gasteiger partial charge < -0.3 is 19.5 Å². The van der Waals surface area contributed by atoms with Gasteiger partial charge in [0.15, 0.2) is 10.8 Å². The highest BCUT2D eigenvalue weighted by Crippen LogP contribution is 2.28. The molecule has 7 nitrogen and oxygen atoms in total. The number of aryl methyl sites for hydroxylation is 1. The van der Waals surface area contributed by atoms with Gasteiger partial charge in [-0.3, -0.25) is 4.79 Å². The first kappa shape index (κ1) is 17.5. The predicted molar refractivity (Wildman–Crippen MR) is 107 cm³/mol. The topological polar surface area (TPSA) is 78.7 Å². The maximum atomic E-state index is 12.5. The number of hydrogen-bond acceptors (Lipinski definition) is 6. The second kappa shape index (κ2) is 7.03. The van der Waals surface area contributed by atoms with E-state index in [1.807, 2.05) is 25.1 Å². The molecule has 1 aliphatic rings. The van der Waals surface area contributed by atoms with Crippen LogP contribution in [0.15, 0.2) is 41.3 Å². The third-order valence-electron chi connectivity index (χ3n) is 4.85. The Labute approximate surface area is 160 Å². The number of fused-ring (bicyclic) bond motifs is 1. The fourth-order valence-electron chi connectivity index (χ4n) is 3.36. The lowest BCUT2D eigenvalue weighted by Crippen LogP contribution is -2.46. The fourth-order valence-corrected chi connectivity index (χ4v) is 4.45. The van der Waals surface area contributed by atoms with Crippen LogP contribution < -0.4 is 15.2 Å². The van der Waals surface area contributed by atoms with E-state index in [9.17, 15) is 14.7 Å². The van der Waals surface area contributed by atoms with Crippen LogP contribution in [0.5, 0.6) is 0 Å². The molecule has 0 amide bonds. The molecule has 0 atom stereocenters. The first-order chi connectivity index (χ1) is 13.1. The van der Waals surface area contributed by atoms with Crippen LogP contribution in [0.25, 0.3) is 10.3 Å². The number of rotatable bonds is 4. The first-order valence-electron chi connectivity index (χ1n) is 8.90. The van der Waals surface area contributed by atoms with Crippen molar-refractivity contribution in [1.82, 2.24) is 9.55 Å². The molecule has 1 N–H and O–H groups in total. The molecule has 1 aliphatic heterocycles. The zero-order valence-corrected chi connectivity index (χ0v) is 15.8. The molecule has 2 aromatic heterocycles. The van der Waals surface area contributed by atoms with E-state index in [0.29, 0.717) is 16.9 Å². The Hall–Kier alpha value is -2.87. The summed E-state index contributed by atoms with van der Waals surface area (Å²) in [5.74, 6) is -1.20. The van der Waals surface area contributed by atoms with E-state index < -0.39 is 11.4 Å². The van der Waals surface area contributed by atoms with Crippen molar-refractivity contribution in [2.24, 2.45) is 0 Å². The highest BCUT2D eigenvalue weighted by Gasteiger charge is 2.23. The van der Waals surface area contributed by atoms with Gasteiger partial charge in [0.2, 0.25) is 5.43 Å². The molecule has 8 heteroatoms. The van der Waals surface area contributed by atoms with Crippen LogP contribution in [-0.2, 0) is 6.54 Å². The number of carboxylic acid groups (broad SMARTS) is 1. The summed E-state index contributed by atoms with van der Waals surface area (Å²) in [6, 6.07) is 10.3. The summed E-state index contributed by atoms with van der Waals surface area (Å²) in [5, 5.41) is 10.1. The zero-order valence-electron chi connectivity index (χ0n) is 15.0. The summed E-state index contributed by atoms with van der Waals surface area (Å²) in [4.78, 5) is 33.1. The number of hydrogen-bond donors (Lipinski definition) is 1. The van der Waals surface area contributed by atoms with E-state index in [2.05, 4.69) is 26.9 Å². The number of carboxylic acids is 1. The summed E-state index contributed by atoms with van der Waals surface area (Å²) in [5.41, 5.74) is 1.12. The molecule has 0 unspecified atom stereocenters. The Balaban J connectivity index is 1.63. The number of benzene rings is 1. The van der Waals surface area contributed by atoms with Gasteiger partial charge in [0.1, 0.15) is 10.3 Å². The Bertz CT molecular complexity index is 1040. The Kier molecular flexibility index (Phi) is 4.57. The van der Waals surface area contributed by atoms with Crippen molar-refractivity contribution in [1.29, 1.82) is 0 Å². The molecule has 27 heavy (non-hydrogen) atoms. The molecule has 1 fully saturated rings. The number of para-hydroxylation sites is 1. The molecule has 0 aliphatic carbocycles. The zero-order chi connectivity index (χ0) is 19.0. The highest BCUT2D eigenvalue weighted by atomic mass is 32.1. The lowest BCUT2D eigenvalue weighted by Gasteiger charge is -2.35. The molecule has 1 aromatic carbocycles. The Morgan fingerprint density at radius 2 is 1.81 bits per heavy atom. The van der Waals surface area contributed by atoms with Gasteiger partial charge >= 0.3 is 5.97 Å². The van der Waals surface area contributed by atoms with Gasteiger partial charge in [-0.1, -0.05) is 29.5 Å². The number of pyridine rings is 1. The smallest absolute Gasteiger partial charge is 0.341 e. The lowest BCUT2D eigenvalue weighted by atomic mass is 10.2.